The van der Waals surface area contributed by atoms with Crippen molar-refractivity contribution in [3.63, 3.8) is 0 Å². The van der Waals surface area contributed by atoms with Gasteiger partial charge < -0.3 is 4.42 Å². The van der Waals surface area contributed by atoms with Crippen molar-refractivity contribution >= 4 is 0 Å². The van der Waals surface area contributed by atoms with Gasteiger partial charge in [-0.3, -0.25) is 0 Å². The lowest BCUT2D eigenvalue weighted by atomic mass is 10.2. The second kappa shape index (κ2) is 3.26. The summed E-state index contributed by atoms with van der Waals surface area (Å²) in [4.78, 5) is 0. The van der Waals surface area contributed by atoms with Gasteiger partial charge in [-0.2, -0.15) is 5.26 Å². The molecule has 1 saturated carbocycles. The summed E-state index contributed by atoms with van der Waals surface area (Å²) in [5.41, 5.74) is 0. The Morgan fingerprint density at radius 1 is 1.62 bits per heavy atom. The third kappa shape index (κ3) is 1.75. The van der Waals surface area contributed by atoms with E-state index in [9.17, 15) is 0 Å². The molecule has 2 unspecified atom stereocenters. The average Bonchev–Trinajstić information content (AvgIpc) is 2.67. The predicted molar refractivity (Wildman–Crippen MR) is 49.2 cm³/mol. The Morgan fingerprint density at radius 2 is 2.38 bits per heavy atom. The molecule has 1 aliphatic rings. The number of hydrogen-bond acceptors (Lipinski definition) is 2. The topological polar surface area (TPSA) is 36.9 Å². The van der Waals surface area contributed by atoms with E-state index in [1.54, 1.807) is 0 Å². The lowest BCUT2D eigenvalue weighted by Crippen LogP contribution is -1.78. The third-order valence-corrected chi connectivity index (χ3v) is 2.64. The molecule has 13 heavy (non-hydrogen) atoms. The first-order valence-corrected chi connectivity index (χ1v) is 4.77. The molecule has 0 aliphatic heterocycles. The van der Waals surface area contributed by atoms with E-state index in [1.807, 2.05) is 6.07 Å². The van der Waals surface area contributed by atoms with Crippen LogP contribution in [0.5, 0.6) is 0 Å². The van der Waals surface area contributed by atoms with Crippen LogP contribution in [0.4, 0.5) is 0 Å². The first kappa shape index (κ1) is 8.37. The summed E-state index contributed by atoms with van der Waals surface area (Å²) in [7, 11) is 0. The molecule has 1 heterocycles. The quantitative estimate of drug-likeness (QED) is 0.708. The van der Waals surface area contributed by atoms with Crippen LogP contribution in [0.25, 0.3) is 0 Å². The van der Waals surface area contributed by atoms with E-state index in [4.69, 9.17) is 9.68 Å². The summed E-state index contributed by atoms with van der Waals surface area (Å²) in [6, 6.07) is 6.17. The number of rotatable bonds is 3. The zero-order valence-corrected chi connectivity index (χ0v) is 7.79. The van der Waals surface area contributed by atoms with Crippen molar-refractivity contribution in [1.82, 2.24) is 0 Å². The molecule has 1 aromatic rings. The first-order chi connectivity index (χ1) is 6.31. The van der Waals surface area contributed by atoms with Crippen molar-refractivity contribution in [2.45, 2.75) is 32.1 Å². The zero-order valence-electron chi connectivity index (χ0n) is 7.79. The van der Waals surface area contributed by atoms with Crippen LogP contribution in [0.1, 0.15) is 37.2 Å². The number of furan rings is 1. The predicted octanol–water partition coefficient (Wildman–Crippen LogP) is 2.86. The summed E-state index contributed by atoms with van der Waals surface area (Å²) >= 11 is 0. The molecule has 68 valence electrons. The van der Waals surface area contributed by atoms with Crippen molar-refractivity contribution in [3.8, 4) is 6.07 Å². The van der Waals surface area contributed by atoms with Gasteiger partial charge in [0.15, 0.2) is 0 Å². The SMILES string of the molecule is CC1CC1c1ccc(CCC#N)o1. The van der Waals surface area contributed by atoms with Gasteiger partial charge in [0, 0.05) is 18.8 Å². The normalized spacial score (nSPS) is 25.5. The molecule has 0 bridgehead atoms. The Kier molecular flexibility index (Phi) is 2.10. The highest BCUT2D eigenvalue weighted by molar-refractivity contribution is 5.17. The lowest BCUT2D eigenvalue weighted by Gasteiger charge is -1.91. The Labute approximate surface area is 78.2 Å². The number of aryl methyl sites for hydroxylation is 1. The van der Waals surface area contributed by atoms with E-state index >= 15 is 0 Å². The number of nitriles is 1. The van der Waals surface area contributed by atoms with Gasteiger partial charge in [-0.1, -0.05) is 6.92 Å². The minimum Gasteiger partial charge on any atom is -0.466 e. The summed E-state index contributed by atoms with van der Waals surface area (Å²) in [6.07, 6.45) is 2.55. The molecule has 2 nitrogen and oxygen atoms in total. The molecular weight excluding hydrogens is 162 g/mol. The van der Waals surface area contributed by atoms with Gasteiger partial charge in [-0.15, -0.1) is 0 Å². The summed E-state index contributed by atoms with van der Waals surface area (Å²) in [5.74, 6) is 3.50. The van der Waals surface area contributed by atoms with E-state index < -0.39 is 0 Å². The van der Waals surface area contributed by atoms with E-state index in [0.29, 0.717) is 12.3 Å². The van der Waals surface area contributed by atoms with E-state index in [1.165, 1.54) is 6.42 Å². The van der Waals surface area contributed by atoms with E-state index in [2.05, 4.69) is 19.1 Å². The van der Waals surface area contributed by atoms with Gasteiger partial charge in [0.25, 0.3) is 0 Å². The van der Waals surface area contributed by atoms with Gasteiger partial charge in [0.1, 0.15) is 11.5 Å². The van der Waals surface area contributed by atoms with Crippen molar-refractivity contribution in [2.75, 3.05) is 0 Å². The molecular formula is C11H13NO. The van der Waals surface area contributed by atoms with Gasteiger partial charge in [-0.05, 0) is 24.5 Å². The van der Waals surface area contributed by atoms with Crippen LogP contribution in [-0.2, 0) is 6.42 Å². The minimum absolute atomic E-state index is 0.549. The largest absolute Gasteiger partial charge is 0.466 e. The van der Waals surface area contributed by atoms with E-state index in [-0.39, 0.29) is 0 Å². The molecule has 0 radical (unpaired) electrons. The molecule has 1 aromatic heterocycles. The Morgan fingerprint density at radius 3 is 3.00 bits per heavy atom. The average molecular weight is 175 g/mol. The van der Waals surface area contributed by atoms with Gasteiger partial charge in [0.2, 0.25) is 0 Å². The molecule has 1 fully saturated rings. The molecule has 0 aromatic carbocycles. The third-order valence-electron chi connectivity index (χ3n) is 2.64. The monoisotopic (exact) mass is 175 g/mol. The summed E-state index contributed by atoms with van der Waals surface area (Å²) in [6.45, 7) is 2.24. The van der Waals surface area contributed by atoms with Crippen LogP contribution in [0.15, 0.2) is 16.5 Å². The summed E-state index contributed by atoms with van der Waals surface area (Å²) < 4.78 is 5.63. The Hall–Kier alpha value is -1.23. The lowest BCUT2D eigenvalue weighted by molar-refractivity contribution is 0.462. The minimum atomic E-state index is 0.549. The van der Waals surface area contributed by atoms with Gasteiger partial charge in [-0.25, -0.2) is 0 Å². The highest BCUT2D eigenvalue weighted by atomic mass is 16.3. The van der Waals surface area contributed by atoms with Crippen LogP contribution < -0.4 is 0 Å². The standard InChI is InChI=1S/C11H13NO/c1-8-7-10(8)11-5-4-9(13-11)3-2-6-12/h4-5,8,10H,2-3,7H2,1H3. The van der Waals surface area contributed by atoms with Crippen LogP contribution >= 0.6 is 0 Å². The Balaban J connectivity index is 1.98. The van der Waals surface area contributed by atoms with Crippen molar-refractivity contribution in [3.05, 3.63) is 23.7 Å². The molecule has 2 rings (SSSR count). The maximum Gasteiger partial charge on any atom is 0.107 e. The number of nitrogens with zero attached hydrogens (tertiary/aromatic N) is 1. The fourth-order valence-corrected chi connectivity index (χ4v) is 1.63. The smallest absolute Gasteiger partial charge is 0.107 e. The molecule has 0 N–H and O–H groups in total. The second-order valence-corrected chi connectivity index (χ2v) is 3.78. The van der Waals surface area contributed by atoms with Crippen molar-refractivity contribution < 1.29 is 4.42 Å². The highest BCUT2D eigenvalue weighted by Crippen LogP contribution is 2.47. The maximum atomic E-state index is 8.41. The molecule has 2 heteroatoms. The van der Waals surface area contributed by atoms with Gasteiger partial charge in [0.05, 0.1) is 6.07 Å². The second-order valence-electron chi connectivity index (χ2n) is 3.78. The molecule has 0 spiro atoms. The number of hydrogen-bond donors (Lipinski definition) is 0. The molecule has 0 amide bonds. The zero-order chi connectivity index (χ0) is 9.26. The maximum absolute atomic E-state index is 8.41. The summed E-state index contributed by atoms with van der Waals surface area (Å²) in [5, 5.41) is 8.41. The van der Waals surface area contributed by atoms with Crippen LogP contribution in [0.2, 0.25) is 0 Å². The van der Waals surface area contributed by atoms with Crippen molar-refractivity contribution in [2.24, 2.45) is 5.92 Å². The van der Waals surface area contributed by atoms with Crippen molar-refractivity contribution in [1.29, 1.82) is 5.26 Å². The fraction of sp³-hybridized carbons (Fsp3) is 0.545. The van der Waals surface area contributed by atoms with E-state index in [0.717, 1.165) is 23.9 Å². The van der Waals surface area contributed by atoms with Crippen LogP contribution in [-0.4, -0.2) is 0 Å². The molecule has 0 saturated heterocycles. The first-order valence-electron chi connectivity index (χ1n) is 4.77. The van der Waals surface area contributed by atoms with Crippen LogP contribution in [0.3, 0.4) is 0 Å². The van der Waals surface area contributed by atoms with Crippen LogP contribution in [0, 0.1) is 17.2 Å². The fourth-order valence-electron chi connectivity index (χ4n) is 1.63. The molecule has 2 atom stereocenters. The highest BCUT2D eigenvalue weighted by Gasteiger charge is 2.36. The van der Waals surface area contributed by atoms with Gasteiger partial charge >= 0.3 is 0 Å². The Bertz CT molecular complexity index is 334. The molecule has 1 aliphatic carbocycles.